The van der Waals surface area contributed by atoms with Crippen molar-refractivity contribution in [3.63, 3.8) is 0 Å². The van der Waals surface area contributed by atoms with Crippen LogP contribution in [0.25, 0.3) is 11.1 Å². The molecule has 0 bridgehead atoms. The minimum absolute atomic E-state index is 0.0324. The zero-order valence-electron chi connectivity index (χ0n) is 11.6. The Kier molecular flexibility index (Phi) is 2.92. The molecule has 0 radical (unpaired) electrons. The van der Waals surface area contributed by atoms with Gasteiger partial charge in [-0.25, -0.2) is 13.4 Å². The highest BCUT2D eigenvalue weighted by atomic mass is 32.2. The summed E-state index contributed by atoms with van der Waals surface area (Å²) in [4.78, 5) is 4.74. The van der Waals surface area contributed by atoms with Crippen molar-refractivity contribution in [1.82, 2.24) is 4.98 Å². The largest absolute Gasteiger partial charge is 0.440 e. The van der Waals surface area contributed by atoms with E-state index in [2.05, 4.69) is 11.9 Å². The predicted molar refractivity (Wildman–Crippen MR) is 76.3 cm³/mol. The third-order valence-corrected chi connectivity index (χ3v) is 5.42. The minimum atomic E-state index is -3.24. The molecule has 1 aromatic carbocycles. The van der Waals surface area contributed by atoms with E-state index in [0.717, 1.165) is 19.3 Å². The number of nitrogens with zero attached hydrogens (tertiary/aromatic N) is 1. The van der Waals surface area contributed by atoms with Crippen LogP contribution in [0.1, 0.15) is 32.1 Å². The lowest BCUT2D eigenvalue weighted by Crippen LogP contribution is -2.38. The first-order valence-corrected chi connectivity index (χ1v) is 8.56. The normalized spacial score (nSPS) is 27.2. The highest BCUT2D eigenvalue weighted by Crippen LogP contribution is 2.40. The molecule has 5 nitrogen and oxygen atoms in total. The number of oxazole rings is 1. The average Bonchev–Trinajstić information content (AvgIpc) is 2.93. The molecule has 0 saturated heterocycles. The maximum absolute atomic E-state index is 11.6. The van der Waals surface area contributed by atoms with Gasteiger partial charge in [-0.15, -0.1) is 0 Å². The molecule has 0 aliphatic heterocycles. The highest BCUT2D eigenvalue weighted by molar-refractivity contribution is 7.90. The maximum Gasteiger partial charge on any atom is 0.202 e. The molecule has 2 unspecified atom stereocenters. The van der Waals surface area contributed by atoms with Gasteiger partial charge in [0.1, 0.15) is 5.52 Å². The Labute approximate surface area is 118 Å². The van der Waals surface area contributed by atoms with Crippen LogP contribution in [0.15, 0.2) is 27.5 Å². The van der Waals surface area contributed by atoms with Gasteiger partial charge in [-0.2, -0.15) is 0 Å². The summed E-state index contributed by atoms with van der Waals surface area (Å²) in [6, 6.07) is 4.79. The first-order chi connectivity index (χ1) is 9.30. The number of rotatable bonds is 2. The van der Waals surface area contributed by atoms with Crippen LogP contribution in [0.2, 0.25) is 0 Å². The van der Waals surface area contributed by atoms with Gasteiger partial charge in [-0.05, 0) is 38.0 Å². The molecule has 2 atom stereocenters. The third kappa shape index (κ3) is 2.03. The number of sulfone groups is 1. The average molecular weight is 294 g/mol. The lowest BCUT2D eigenvalue weighted by atomic mass is 9.85. The fourth-order valence-corrected chi connectivity index (χ4v) is 3.48. The molecule has 108 valence electrons. The summed E-state index contributed by atoms with van der Waals surface area (Å²) in [6.45, 7) is 2.06. The molecule has 1 fully saturated rings. The number of aromatic nitrogens is 1. The van der Waals surface area contributed by atoms with Crippen molar-refractivity contribution < 1.29 is 12.8 Å². The molecule has 3 rings (SSSR count). The third-order valence-electron chi connectivity index (χ3n) is 4.31. The summed E-state index contributed by atoms with van der Waals surface area (Å²) in [5.74, 6) is 0.614. The summed E-state index contributed by atoms with van der Waals surface area (Å²) in [5.41, 5.74) is 7.09. The Morgan fingerprint density at radius 2 is 2.20 bits per heavy atom. The lowest BCUT2D eigenvalue weighted by Gasteiger charge is -2.24. The van der Waals surface area contributed by atoms with Gasteiger partial charge in [0.25, 0.3) is 0 Å². The van der Waals surface area contributed by atoms with Gasteiger partial charge < -0.3 is 10.2 Å². The van der Waals surface area contributed by atoms with E-state index in [0.29, 0.717) is 17.0 Å². The molecule has 1 aromatic heterocycles. The van der Waals surface area contributed by atoms with Crippen molar-refractivity contribution >= 4 is 20.9 Å². The van der Waals surface area contributed by atoms with Crippen LogP contribution in [-0.4, -0.2) is 25.7 Å². The fraction of sp³-hybridized carbons (Fsp3) is 0.500. The van der Waals surface area contributed by atoms with Crippen molar-refractivity contribution in [2.45, 2.75) is 42.5 Å². The Bertz CT molecular complexity index is 766. The molecule has 1 heterocycles. The van der Waals surface area contributed by atoms with Crippen molar-refractivity contribution in [2.75, 3.05) is 6.26 Å². The van der Waals surface area contributed by atoms with Crippen LogP contribution in [0, 0.1) is 0 Å². The van der Waals surface area contributed by atoms with E-state index in [9.17, 15) is 8.42 Å². The fourth-order valence-electron chi connectivity index (χ4n) is 2.84. The van der Waals surface area contributed by atoms with E-state index in [1.807, 2.05) is 0 Å². The van der Waals surface area contributed by atoms with Crippen LogP contribution in [-0.2, 0) is 15.3 Å². The number of benzene rings is 1. The van der Waals surface area contributed by atoms with Crippen LogP contribution >= 0.6 is 0 Å². The Balaban J connectivity index is 2.12. The van der Waals surface area contributed by atoms with E-state index < -0.39 is 9.84 Å². The SMILES string of the molecule is CC1(c2nc3cc(S(C)(=O)=O)ccc3o2)CCCC1N. The van der Waals surface area contributed by atoms with Gasteiger partial charge >= 0.3 is 0 Å². The van der Waals surface area contributed by atoms with Crippen molar-refractivity contribution in [2.24, 2.45) is 5.73 Å². The van der Waals surface area contributed by atoms with Crippen LogP contribution in [0.4, 0.5) is 0 Å². The summed E-state index contributed by atoms with van der Waals surface area (Å²) in [6.07, 6.45) is 4.15. The quantitative estimate of drug-likeness (QED) is 0.915. The van der Waals surface area contributed by atoms with Gasteiger partial charge in [-0.1, -0.05) is 6.42 Å². The number of hydrogen-bond acceptors (Lipinski definition) is 5. The molecule has 0 spiro atoms. The smallest absolute Gasteiger partial charge is 0.202 e. The summed E-state index contributed by atoms with van der Waals surface area (Å²) >= 11 is 0. The molecule has 2 aromatic rings. The molecule has 0 amide bonds. The zero-order chi connectivity index (χ0) is 14.5. The molecule has 2 N–H and O–H groups in total. The molecule has 6 heteroatoms. The molecule has 1 saturated carbocycles. The minimum Gasteiger partial charge on any atom is -0.440 e. The lowest BCUT2D eigenvalue weighted by molar-refractivity contribution is 0.332. The van der Waals surface area contributed by atoms with Gasteiger partial charge in [0.15, 0.2) is 15.4 Å². The zero-order valence-corrected chi connectivity index (χ0v) is 12.4. The number of hydrogen-bond donors (Lipinski definition) is 1. The Hall–Kier alpha value is -1.40. The van der Waals surface area contributed by atoms with E-state index in [1.54, 1.807) is 18.2 Å². The van der Waals surface area contributed by atoms with E-state index in [1.165, 1.54) is 6.26 Å². The highest BCUT2D eigenvalue weighted by Gasteiger charge is 2.42. The second-order valence-electron chi connectivity index (χ2n) is 5.84. The first kappa shape index (κ1) is 13.6. The van der Waals surface area contributed by atoms with E-state index in [4.69, 9.17) is 10.2 Å². The van der Waals surface area contributed by atoms with E-state index in [-0.39, 0.29) is 16.4 Å². The van der Waals surface area contributed by atoms with Crippen LogP contribution < -0.4 is 5.73 Å². The topological polar surface area (TPSA) is 86.2 Å². The standard InChI is InChI=1S/C14H18N2O3S/c1-14(7-3-4-12(14)15)13-16-10-8-9(20(2,17)18)5-6-11(10)19-13/h5-6,8,12H,3-4,7,15H2,1-2H3. The summed E-state index contributed by atoms with van der Waals surface area (Å²) < 4.78 is 29.0. The summed E-state index contributed by atoms with van der Waals surface area (Å²) in [5, 5.41) is 0. The van der Waals surface area contributed by atoms with Crippen LogP contribution in [0.3, 0.4) is 0 Å². The molecule has 1 aliphatic carbocycles. The van der Waals surface area contributed by atoms with Gasteiger partial charge in [0, 0.05) is 12.3 Å². The van der Waals surface area contributed by atoms with Gasteiger partial charge in [0.05, 0.1) is 10.3 Å². The van der Waals surface area contributed by atoms with Crippen molar-refractivity contribution in [1.29, 1.82) is 0 Å². The second-order valence-corrected chi connectivity index (χ2v) is 7.85. The Morgan fingerprint density at radius 3 is 2.80 bits per heavy atom. The van der Waals surface area contributed by atoms with Crippen molar-refractivity contribution in [3.05, 3.63) is 24.1 Å². The predicted octanol–water partition coefficient (Wildman–Crippen LogP) is 2.00. The number of fused-ring (bicyclic) bond motifs is 1. The first-order valence-electron chi connectivity index (χ1n) is 6.67. The molecule has 1 aliphatic rings. The maximum atomic E-state index is 11.6. The molecular formula is C14H18N2O3S. The molecular weight excluding hydrogens is 276 g/mol. The van der Waals surface area contributed by atoms with Gasteiger partial charge in [-0.3, -0.25) is 0 Å². The van der Waals surface area contributed by atoms with Crippen LogP contribution in [0.5, 0.6) is 0 Å². The van der Waals surface area contributed by atoms with E-state index >= 15 is 0 Å². The monoisotopic (exact) mass is 294 g/mol. The summed E-state index contributed by atoms with van der Waals surface area (Å²) in [7, 11) is -3.24. The Morgan fingerprint density at radius 1 is 1.45 bits per heavy atom. The van der Waals surface area contributed by atoms with Crippen molar-refractivity contribution in [3.8, 4) is 0 Å². The number of nitrogens with two attached hydrogens (primary N) is 1. The molecule has 20 heavy (non-hydrogen) atoms. The van der Waals surface area contributed by atoms with Gasteiger partial charge in [0.2, 0.25) is 5.89 Å². The second kappa shape index (κ2) is 4.30.